The van der Waals surface area contributed by atoms with Gasteiger partial charge in [-0.05, 0) is 62.6 Å². The van der Waals surface area contributed by atoms with Crippen molar-refractivity contribution in [1.82, 2.24) is 4.57 Å². The van der Waals surface area contributed by atoms with E-state index in [0.717, 1.165) is 22.6 Å². The zero-order chi connectivity index (χ0) is 17.3. The van der Waals surface area contributed by atoms with Crippen molar-refractivity contribution in [2.75, 3.05) is 11.9 Å². The van der Waals surface area contributed by atoms with Gasteiger partial charge in [-0.2, -0.15) is 0 Å². The zero-order valence-corrected chi connectivity index (χ0v) is 14.3. The Morgan fingerprint density at radius 2 is 2.12 bits per heavy atom. The maximum atomic E-state index is 12.7. The third kappa shape index (κ3) is 2.94. The Balaban J connectivity index is 1.83. The predicted molar refractivity (Wildman–Crippen MR) is 92.7 cm³/mol. The van der Waals surface area contributed by atoms with Gasteiger partial charge in [-0.15, -0.1) is 0 Å². The van der Waals surface area contributed by atoms with Gasteiger partial charge in [0, 0.05) is 18.3 Å². The number of anilines is 1. The first kappa shape index (κ1) is 16.3. The molecule has 1 aliphatic rings. The summed E-state index contributed by atoms with van der Waals surface area (Å²) in [5.74, 6) is 0.840. The molecule has 2 aromatic rings. The molecule has 5 heteroatoms. The molecule has 0 saturated heterocycles. The molecule has 1 aliphatic heterocycles. The summed E-state index contributed by atoms with van der Waals surface area (Å²) in [7, 11) is 0. The van der Waals surface area contributed by atoms with Crippen LogP contribution < -0.4 is 10.1 Å². The van der Waals surface area contributed by atoms with Gasteiger partial charge in [-0.1, -0.05) is 0 Å². The minimum atomic E-state index is -0.348. The molecule has 0 saturated carbocycles. The number of ketones is 1. The van der Waals surface area contributed by atoms with Gasteiger partial charge in [0.1, 0.15) is 11.8 Å². The van der Waals surface area contributed by atoms with Gasteiger partial charge in [-0.25, -0.2) is 0 Å². The van der Waals surface area contributed by atoms with Crippen LogP contribution in [0.5, 0.6) is 5.75 Å². The number of aryl methyl sites for hydroxylation is 2. The molecule has 5 nitrogen and oxygen atoms in total. The highest BCUT2D eigenvalue weighted by molar-refractivity contribution is 6.00. The Labute approximate surface area is 141 Å². The maximum absolute atomic E-state index is 12.7. The average molecular weight is 326 g/mol. The molecule has 1 atom stereocenters. The highest BCUT2D eigenvalue weighted by Crippen LogP contribution is 2.29. The van der Waals surface area contributed by atoms with Gasteiger partial charge in [0.2, 0.25) is 5.91 Å². The third-order valence-corrected chi connectivity index (χ3v) is 4.43. The Bertz CT molecular complexity index is 792. The molecule has 1 unspecified atom stereocenters. The summed E-state index contributed by atoms with van der Waals surface area (Å²) in [5.41, 5.74) is 3.34. The quantitative estimate of drug-likeness (QED) is 0.933. The number of hydrogen-bond acceptors (Lipinski definition) is 3. The Morgan fingerprint density at radius 1 is 1.33 bits per heavy atom. The van der Waals surface area contributed by atoms with Crippen molar-refractivity contribution in [3.8, 4) is 5.75 Å². The first-order valence-corrected chi connectivity index (χ1v) is 8.26. The summed E-state index contributed by atoms with van der Waals surface area (Å²) in [6.07, 6.45) is 2.73. The second-order valence-corrected chi connectivity index (χ2v) is 6.13. The summed E-state index contributed by atoms with van der Waals surface area (Å²) in [5, 5.41) is 3.01. The molecular weight excluding hydrogens is 304 g/mol. The van der Waals surface area contributed by atoms with E-state index in [1.807, 2.05) is 39.0 Å². The van der Waals surface area contributed by atoms with E-state index >= 15 is 0 Å². The Morgan fingerprint density at radius 3 is 2.88 bits per heavy atom. The van der Waals surface area contributed by atoms with E-state index in [0.29, 0.717) is 25.1 Å². The summed E-state index contributed by atoms with van der Waals surface area (Å²) in [6.45, 7) is 6.47. The zero-order valence-electron chi connectivity index (χ0n) is 14.3. The number of fused-ring (bicyclic) bond motifs is 1. The van der Waals surface area contributed by atoms with Crippen molar-refractivity contribution in [3.63, 3.8) is 0 Å². The second-order valence-electron chi connectivity index (χ2n) is 6.13. The molecule has 2 heterocycles. The number of nitrogens with zero attached hydrogens (tertiary/aromatic N) is 1. The van der Waals surface area contributed by atoms with Crippen molar-refractivity contribution in [1.29, 1.82) is 0 Å². The smallest absolute Gasteiger partial charge is 0.247 e. The number of nitrogens with one attached hydrogen (secondary N) is 1. The lowest BCUT2D eigenvalue weighted by Crippen LogP contribution is -2.31. The monoisotopic (exact) mass is 326 g/mol. The minimum absolute atomic E-state index is 0.0911. The van der Waals surface area contributed by atoms with Crippen molar-refractivity contribution in [2.45, 2.75) is 39.7 Å². The van der Waals surface area contributed by atoms with Crippen LogP contribution in [0.3, 0.4) is 0 Å². The Kier molecular flexibility index (Phi) is 4.42. The van der Waals surface area contributed by atoms with Gasteiger partial charge in [0.05, 0.1) is 12.3 Å². The molecule has 1 aromatic carbocycles. The lowest BCUT2D eigenvalue weighted by molar-refractivity contribution is -0.119. The second kappa shape index (κ2) is 6.51. The number of benzene rings is 1. The molecule has 0 aliphatic carbocycles. The van der Waals surface area contributed by atoms with E-state index in [-0.39, 0.29) is 17.7 Å². The number of rotatable bonds is 4. The molecule has 1 aromatic heterocycles. The van der Waals surface area contributed by atoms with Gasteiger partial charge in [0.15, 0.2) is 5.78 Å². The van der Waals surface area contributed by atoms with Crippen molar-refractivity contribution in [3.05, 3.63) is 47.3 Å². The molecule has 1 N–H and O–H groups in total. The topological polar surface area (TPSA) is 60.3 Å². The van der Waals surface area contributed by atoms with E-state index in [2.05, 4.69) is 5.32 Å². The SMILES string of the molecule is CCOc1cc(C)c(NC(=O)C2CCC(=O)c3cccn32)cc1C. The fourth-order valence-electron chi connectivity index (χ4n) is 3.15. The number of Topliss-reactive ketones (excluding diaryl/α,β-unsaturated/α-hetero) is 1. The predicted octanol–water partition coefficient (Wildman–Crippen LogP) is 3.66. The summed E-state index contributed by atoms with van der Waals surface area (Å²) < 4.78 is 7.36. The van der Waals surface area contributed by atoms with Gasteiger partial charge < -0.3 is 14.6 Å². The summed E-state index contributed by atoms with van der Waals surface area (Å²) >= 11 is 0. The molecule has 0 radical (unpaired) electrons. The van der Waals surface area contributed by atoms with Gasteiger partial charge >= 0.3 is 0 Å². The van der Waals surface area contributed by atoms with Crippen LogP contribution in [0.1, 0.15) is 47.4 Å². The van der Waals surface area contributed by atoms with Crippen molar-refractivity contribution >= 4 is 17.4 Å². The van der Waals surface area contributed by atoms with E-state index in [1.165, 1.54) is 0 Å². The van der Waals surface area contributed by atoms with E-state index in [9.17, 15) is 9.59 Å². The molecule has 24 heavy (non-hydrogen) atoms. The third-order valence-electron chi connectivity index (χ3n) is 4.43. The first-order chi connectivity index (χ1) is 11.5. The van der Waals surface area contributed by atoms with Crippen LogP contribution in [0, 0.1) is 13.8 Å². The van der Waals surface area contributed by atoms with Crippen LogP contribution in [0.25, 0.3) is 0 Å². The van der Waals surface area contributed by atoms with Crippen LogP contribution in [-0.2, 0) is 4.79 Å². The summed E-state index contributed by atoms with van der Waals surface area (Å²) in [6, 6.07) is 7.11. The fraction of sp³-hybridized carbons (Fsp3) is 0.368. The van der Waals surface area contributed by atoms with Gasteiger partial charge in [0.25, 0.3) is 0 Å². The van der Waals surface area contributed by atoms with E-state index < -0.39 is 0 Å². The molecule has 126 valence electrons. The van der Waals surface area contributed by atoms with E-state index in [4.69, 9.17) is 4.74 Å². The van der Waals surface area contributed by atoms with Gasteiger partial charge in [-0.3, -0.25) is 9.59 Å². The number of hydrogen-bond donors (Lipinski definition) is 1. The highest BCUT2D eigenvalue weighted by atomic mass is 16.5. The largest absolute Gasteiger partial charge is 0.494 e. The van der Waals surface area contributed by atoms with Crippen LogP contribution in [-0.4, -0.2) is 22.9 Å². The molecule has 3 rings (SSSR count). The number of carbonyl (C=O) groups excluding carboxylic acids is 2. The normalized spacial score (nSPS) is 16.6. The lowest BCUT2D eigenvalue weighted by Gasteiger charge is -2.25. The lowest BCUT2D eigenvalue weighted by atomic mass is 10.0. The standard InChI is InChI=1S/C19H22N2O3/c1-4-24-18-11-12(2)14(10-13(18)3)20-19(23)16-7-8-17(22)15-6-5-9-21(15)16/h5-6,9-11,16H,4,7-8H2,1-3H3,(H,20,23). The number of ether oxygens (including phenoxy) is 1. The average Bonchev–Trinajstić information content (AvgIpc) is 3.03. The van der Waals surface area contributed by atoms with Crippen LogP contribution in [0.4, 0.5) is 5.69 Å². The van der Waals surface area contributed by atoms with Crippen LogP contribution in [0.15, 0.2) is 30.5 Å². The molecular formula is C19H22N2O3. The maximum Gasteiger partial charge on any atom is 0.247 e. The van der Waals surface area contributed by atoms with Crippen LogP contribution >= 0.6 is 0 Å². The fourth-order valence-corrected chi connectivity index (χ4v) is 3.15. The van der Waals surface area contributed by atoms with E-state index in [1.54, 1.807) is 16.8 Å². The molecule has 0 fully saturated rings. The molecule has 0 spiro atoms. The van der Waals surface area contributed by atoms with Crippen molar-refractivity contribution in [2.24, 2.45) is 0 Å². The number of carbonyl (C=O) groups is 2. The molecule has 1 amide bonds. The minimum Gasteiger partial charge on any atom is -0.494 e. The number of aromatic nitrogens is 1. The van der Waals surface area contributed by atoms with Crippen molar-refractivity contribution < 1.29 is 14.3 Å². The first-order valence-electron chi connectivity index (χ1n) is 8.26. The Hall–Kier alpha value is -2.56. The number of amides is 1. The van der Waals surface area contributed by atoms with Crippen LogP contribution in [0.2, 0.25) is 0 Å². The highest BCUT2D eigenvalue weighted by Gasteiger charge is 2.29. The molecule has 0 bridgehead atoms. The summed E-state index contributed by atoms with van der Waals surface area (Å²) in [4.78, 5) is 24.6.